The molecule has 1 heteroatoms. The highest BCUT2D eigenvalue weighted by molar-refractivity contribution is 5.59. The van der Waals surface area contributed by atoms with E-state index in [2.05, 4.69) is 87.3 Å². The average molecular weight is 279 g/mol. The second-order valence-corrected chi connectivity index (χ2v) is 7.30. The minimum atomic E-state index is 0.280. The van der Waals surface area contributed by atoms with Crippen LogP contribution in [0.1, 0.15) is 37.8 Å². The van der Waals surface area contributed by atoms with E-state index in [4.69, 9.17) is 0 Å². The molecule has 2 aromatic carbocycles. The van der Waals surface area contributed by atoms with E-state index in [1.165, 1.54) is 16.8 Å². The van der Waals surface area contributed by atoms with E-state index >= 15 is 0 Å². The van der Waals surface area contributed by atoms with E-state index in [9.17, 15) is 0 Å². The molecule has 2 atom stereocenters. The molecule has 0 radical (unpaired) electrons. The summed E-state index contributed by atoms with van der Waals surface area (Å²) < 4.78 is 0. The number of para-hydroxylation sites is 1. The largest absolute Gasteiger partial charge is 0.374 e. The van der Waals surface area contributed by atoms with Gasteiger partial charge in [-0.25, -0.2) is 0 Å². The summed E-state index contributed by atoms with van der Waals surface area (Å²) in [6.45, 7) is 8.22. The van der Waals surface area contributed by atoms with E-state index in [0.29, 0.717) is 11.8 Å². The molecule has 0 spiro atoms. The third-order valence-electron chi connectivity index (χ3n) is 4.83. The first-order chi connectivity index (χ1) is 9.98. The normalized spacial score (nSPS) is 22.0. The van der Waals surface area contributed by atoms with Gasteiger partial charge in [-0.15, -0.1) is 0 Å². The van der Waals surface area contributed by atoms with Crippen molar-refractivity contribution in [2.24, 2.45) is 11.3 Å². The molecule has 1 aliphatic rings. The van der Waals surface area contributed by atoms with Gasteiger partial charge in [0.2, 0.25) is 0 Å². The topological polar surface area (TPSA) is 3.24 Å². The zero-order valence-electron chi connectivity index (χ0n) is 13.5. The summed E-state index contributed by atoms with van der Waals surface area (Å²) in [6.07, 6.45) is 0. The van der Waals surface area contributed by atoms with E-state index < -0.39 is 0 Å². The Kier molecular flexibility index (Phi) is 3.52. The summed E-state index contributed by atoms with van der Waals surface area (Å²) in [7, 11) is 2.22. The van der Waals surface area contributed by atoms with Crippen LogP contribution in [0.25, 0.3) is 0 Å². The van der Waals surface area contributed by atoms with Crippen LogP contribution in [0.4, 0.5) is 5.69 Å². The fourth-order valence-corrected chi connectivity index (χ4v) is 3.66. The quantitative estimate of drug-likeness (QED) is 0.715. The summed E-state index contributed by atoms with van der Waals surface area (Å²) in [5.41, 5.74) is 4.57. The van der Waals surface area contributed by atoms with Crippen LogP contribution in [0.15, 0.2) is 54.6 Å². The standard InChI is InChI=1S/C20H25N/c1-20(2,3)17-14-21(4)18-13-9-8-12-16(18)19(17)15-10-6-5-7-11-15/h5-13,17,19H,14H2,1-4H3. The molecule has 0 saturated heterocycles. The molecule has 0 N–H and O–H groups in total. The number of nitrogens with zero attached hydrogens (tertiary/aromatic N) is 1. The van der Waals surface area contributed by atoms with E-state index in [1.807, 2.05) is 0 Å². The van der Waals surface area contributed by atoms with Crippen LogP contribution >= 0.6 is 0 Å². The van der Waals surface area contributed by atoms with Gasteiger partial charge in [0.15, 0.2) is 0 Å². The number of hydrogen-bond acceptors (Lipinski definition) is 1. The number of benzene rings is 2. The zero-order chi connectivity index (χ0) is 15.0. The predicted molar refractivity (Wildman–Crippen MR) is 90.9 cm³/mol. The molecule has 0 saturated carbocycles. The Balaban J connectivity index is 2.17. The van der Waals surface area contributed by atoms with Gasteiger partial charge in [-0.3, -0.25) is 0 Å². The highest BCUT2D eigenvalue weighted by Crippen LogP contribution is 2.48. The van der Waals surface area contributed by atoms with Gasteiger partial charge in [0.25, 0.3) is 0 Å². The Morgan fingerprint density at radius 2 is 1.52 bits per heavy atom. The maximum atomic E-state index is 2.42. The lowest BCUT2D eigenvalue weighted by Crippen LogP contribution is -2.42. The first kappa shape index (κ1) is 14.2. The van der Waals surface area contributed by atoms with Crippen LogP contribution in [-0.2, 0) is 0 Å². The van der Waals surface area contributed by atoms with Crippen molar-refractivity contribution in [3.63, 3.8) is 0 Å². The molecule has 1 aliphatic heterocycles. The average Bonchev–Trinajstić information content (AvgIpc) is 2.47. The van der Waals surface area contributed by atoms with Gasteiger partial charge < -0.3 is 4.90 Å². The monoisotopic (exact) mass is 279 g/mol. The summed E-state index contributed by atoms with van der Waals surface area (Å²) in [6, 6.07) is 19.9. The van der Waals surface area contributed by atoms with Gasteiger partial charge in [-0.05, 0) is 28.5 Å². The fraction of sp³-hybridized carbons (Fsp3) is 0.400. The Morgan fingerprint density at radius 1 is 0.905 bits per heavy atom. The molecule has 0 aliphatic carbocycles. The van der Waals surface area contributed by atoms with Crippen LogP contribution in [-0.4, -0.2) is 13.6 Å². The van der Waals surface area contributed by atoms with Crippen molar-refractivity contribution in [3.05, 3.63) is 65.7 Å². The second kappa shape index (κ2) is 5.22. The Bertz CT molecular complexity index is 609. The van der Waals surface area contributed by atoms with Crippen LogP contribution < -0.4 is 4.90 Å². The molecule has 110 valence electrons. The summed E-state index contributed by atoms with van der Waals surface area (Å²) >= 11 is 0. The molecule has 2 unspecified atom stereocenters. The molecule has 0 bridgehead atoms. The van der Waals surface area contributed by atoms with Crippen LogP contribution in [0, 0.1) is 11.3 Å². The Labute approximate surface area is 128 Å². The van der Waals surface area contributed by atoms with Crippen molar-refractivity contribution >= 4 is 5.69 Å². The van der Waals surface area contributed by atoms with Crippen LogP contribution in [0.5, 0.6) is 0 Å². The van der Waals surface area contributed by atoms with Crippen molar-refractivity contribution in [3.8, 4) is 0 Å². The number of rotatable bonds is 1. The highest BCUT2D eigenvalue weighted by atomic mass is 15.1. The second-order valence-electron chi connectivity index (χ2n) is 7.30. The predicted octanol–water partition coefficient (Wildman–Crippen LogP) is 4.93. The lowest BCUT2D eigenvalue weighted by Gasteiger charge is -2.45. The van der Waals surface area contributed by atoms with Crippen molar-refractivity contribution in [1.82, 2.24) is 0 Å². The molecule has 0 fully saturated rings. The van der Waals surface area contributed by atoms with E-state index in [0.717, 1.165) is 6.54 Å². The van der Waals surface area contributed by atoms with Crippen molar-refractivity contribution in [2.45, 2.75) is 26.7 Å². The molecular formula is C20H25N. The van der Waals surface area contributed by atoms with E-state index in [1.54, 1.807) is 0 Å². The van der Waals surface area contributed by atoms with Crippen LogP contribution in [0.3, 0.4) is 0 Å². The first-order valence-corrected chi connectivity index (χ1v) is 7.83. The summed E-state index contributed by atoms with van der Waals surface area (Å²) in [5.74, 6) is 1.10. The summed E-state index contributed by atoms with van der Waals surface area (Å²) in [5, 5.41) is 0. The molecule has 21 heavy (non-hydrogen) atoms. The highest BCUT2D eigenvalue weighted by Gasteiger charge is 2.39. The molecule has 3 rings (SSSR count). The van der Waals surface area contributed by atoms with Crippen molar-refractivity contribution in [1.29, 1.82) is 0 Å². The minimum Gasteiger partial charge on any atom is -0.374 e. The minimum absolute atomic E-state index is 0.280. The first-order valence-electron chi connectivity index (χ1n) is 7.83. The van der Waals surface area contributed by atoms with Gasteiger partial charge in [0.05, 0.1) is 0 Å². The van der Waals surface area contributed by atoms with Gasteiger partial charge >= 0.3 is 0 Å². The van der Waals surface area contributed by atoms with Crippen LogP contribution in [0.2, 0.25) is 0 Å². The molecule has 0 aromatic heterocycles. The zero-order valence-corrected chi connectivity index (χ0v) is 13.5. The van der Waals surface area contributed by atoms with Gasteiger partial charge in [-0.1, -0.05) is 69.3 Å². The number of hydrogen-bond donors (Lipinski definition) is 0. The number of fused-ring (bicyclic) bond motifs is 1. The lowest BCUT2D eigenvalue weighted by atomic mass is 9.66. The smallest absolute Gasteiger partial charge is 0.0402 e. The van der Waals surface area contributed by atoms with Crippen molar-refractivity contribution in [2.75, 3.05) is 18.5 Å². The maximum absolute atomic E-state index is 2.42. The van der Waals surface area contributed by atoms with Gasteiger partial charge in [-0.2, -0.15) is 0 Å². The summed E-state index contributed by atoms with van der Waals surface area (Å²) in [4.78, 5) is 2.42. The third-order valence-corrected chi connectivity index (χ3v) is 4.83. The van der Waals surface area contributed by atoms with Gasteiger partial charge in [0, 0.05) is 25.2 Å². The number of anilines is 1. The molecule has 1 heterocycles. The van der Waals surface area contributed by atoms with Crippen molar-refractivity contribution < 1.29 is 0 Å². The third kappa shape index (κ3) is 2.57. The molecule has 1 nitrogen and oxygen atoms in total. The van der Waals surface area contributed by atoms with Gasteiger partial charge in [0.1, 0.15) is 0 Å². The SMILES string of the molecule is CN1CC(C(C)(C)C)C(c2ccccc2)c2ccccc21. The Morgan fingerprint density at radius 3 is 2.19 bits per heavy atom. The molecule has 2 aromatic rings. The Hall–Kier alpha value is -1.76. The fourth-order valence-electron chi connectivity index (χ4n) is 3.66. The maximum Gasteiger partial charge on any atom is 0.0402 e. The van der Waals surface area contributed by atoms with E-state index in [-0.39, 0.29) is 5.41 Å². The molecule has 0 amide bonds. The lowest BCUT2D eigenvalue weighted by molar-refractivity contribution is 0.215. The molecular weight excluding hydrogens is 254 g/mol.